The Morgan fingerprint density at radius 3 is 2.58 bits per heavy atom. The molecule has 3 rings (SSSR count). The second-order valence-electron chi connectivity index (χ2n) is 4.06. The van der Waals surface area contributed by atoms with Crippen LogP contribution in [0.15, 0.2) is 47.2 Å². The summed E-state index contributed by atoms with van der Waals surface area (Å²) in [5.74, 6) is 1.66. The van der Waals surface area contributed by atoms with Crippen LogP contribution >= 0.6 is 27.5 Å². The minimum atomic E-state index is 0.673. The molecule has 96 valence electrons. The van der Waals surface area contributed by atoms with E-state index in [0.29, 0.717) is 5.02 Å². The second kappa shape index (κ2) is 4.87. The lowest BCUT2D eigenvalue weighted by Crippen LogP contribution is -1.89. The molecule has 3 aromatic rings. The first kappa shape index (κ1) is 12.5. The summed E-state index contributed by atoms with van der Waals surface area (Å²) >= 11 is 9.52. The third-order valence-corrected chi connectivity index (χ3v) is 3.71. The monoisotopic (exact) mass is 336 g/mol. The van der Waals surface area contributed by atoms with Crippen LogP contribution in [0, 0.1) is 0 Å². The predicted octanol–water partition coefficient (Wildman–Crippen LogP) is 4.43. The Morgan fingerprint density at radius 2 is 1.89 bits per heavy atom. The lowest BCUT2D eigenvalue weighted by atomic mass is 10.2. The van der Waals surface area contributed by atoms with Crippen molar-refractivity contribution in [1.29, 1.82) is 0 Å². The second-order valence-corrected chi connectivity index (χ2v) is 5.24. The van der Waals surface area contributed by atoms with Crippen LogP contribution in [-0.2, 0) is 0 Å². The third kappa shape index (κ3) is 2.22. The maximum Gasteiger partial charge on any atom is 0.145 e. The van der Waals surface area contributed by atoms with E-state index in [4.69, 9.17) is 16.3 Å². The summed E-state index contributed by atoms with van der Waals surface area (Å²) in [5, 5.41) is 0.673. The Bertz CT molecular complexity index is 737. The van der Waals surface area contributed by atoms with Gasteiger partial charge in [0.05, 0.1) is 17.6 Å². The summed E-state index contributed by atoms with van der Waals surface area (Å²) in [5.41, 5.74) is 1.99. The number of fused-ring (bicyclic) bond motifs is 1. The van der Waals surface area contributed by atoms with Crippen LogP contribution in [0.2, 0.25) is 5.02 Å². The molecule has 0 fully saturated rings. The molecular weight excluding hydrogens is 328 g/mol. The molecule has 0 saturated heterocycles. The summed E-state index contributed by atoms with van der Waals surface area (Å²) in [6, 6.07) is 11.6. The number of aromatic nitrogens is 2. The van der Waals surface area contributed by atoms with Crippen molar-refractivity contribution in [3.05, 3.63) is 52.2 Å². The van der Waals surface area contributed by atoms with Crippen molar-refractivity contribution in [2.45, 2.75) is 0 Å². The highest BCUT2D eigenvalue weighted by Crippen LogP contribution is 2.28. The summed E-state index contributed by atoms with van der Waals surface area (Å²) in [4.78, 5) is 4.54. The fraction of sp³-hybridized carbons (Fsp3) is 0.0714. The molecule has 0 saturated carbocycles. The van der Waals surface area contributed by atoms with Gasteiger partial charge in [-0.1, -0.05) is 11.6 Å². The minimum absolute atomic E-state index is 0.673. The Kier molecular flexibility index (Phi) is 3.21. The third-order valence-electron chi connectivity index (χ3n) is 2.90. The van der Waals surface area contributed by atoms with Gasteiger partial charge in [0.15, 0.2) is 0 Å². The van der Waals surface area contributed by atoms with Gasteiger partial charge in [-0.15, -0.1) is 0 Å². The molecule has 0 unspecified atom stereocenters. The molecule has 0 radical (unpaired) electrons. The zero-order chi connectivity index (χ0) is 13.4. The molecule has 0 spiro atoms. The Labute approximate surface area is 123 Å². The molecular formula is C14H10BrClN2O. The van der Waals surface area contributed by atoms with Crippen LogP contribution < -0.4 is 4.74 Å². The van der Waals surface area contributed by atoms with Crippen LogP contribution in [0.1, 0.15) is 0 Å². The zero-order valence-corrected chi connectivity index (χ0v) is 12.4. The van der Waals surface area contributed by atoms with Gasteiger partial charge in [0.25, 0.3) is 0 Å². The molecule has 5 heteroatoms. The van der Waals surface area contributed by atoms with Gasteiger partial charge in [-0.3, -0.25) is 4.40 Å². The van der Waals surface area contributed by atoms with E-state index < -0.39 is 0 Å². The van der Waals surface area contributed by atoms with Crippen molar-refractivity contribution in [2.24, 2.45) is 0 Å². The number of rotatable bonds is 2. The minimum Gasteiger partial charge on any atom is -0.497 e. The highest BCUT2D eigenvalue weighted by Gasteiger charge is 2.11. The number of hydrogen-bond donors (Lipinski definition) is 0. The van der Waals surface area contributed by atoms with Crippen molar-refractivity contribution in [3.63, 3.8) is 0 Å². The van der Waals surface area contributed by atoms with Crippen LogP contribution in [-0.4, -0.2) is 16.5 Å². The quantitative estimate of drug-likeness (QED) is 0.692. The van der Waals surface area contributed by atoms with Gasteiger partial charge in [0, 0.05) is 11.8 Å². The highest BCUT2D eigenvalue weighted by molar-refractivity contribution is 9.10. The molecule has 0 amide bonds. The van der Waals surface area contributed by atoms with Crippen LogP contribution in [0.25, 0.3) is 16.9 Å². The Hall–Kier alpha value is -1.52. The first-order valence-corrected chi connectivity index (χ1v) is 6.83. The molecule has 0 bridgehead atoms. The molecule has 1 aromatic carbocycles. The van der Waals surface area contributed by atoms with E-state index in [1.165, 1.54) is 0 Å². The molecule has 0 atom stereocenters. The molecule has 0 aliphatic rings. The van der Waals surface area contributed by atoms with Gasteiger partial charge in [-0.2, -0.15) is 0 Å². The summed E-state index contributed by atoms with van der Waals surface area (Å²) in [6.45, 7) is 0. The Balaban J connectivity index is 2.20. The van der Waals surface area contributed by atoms with E-state index in [-0.39, 0.29) is 0 Å². The average molecular weight is 338 g/mol. The van der Waals surface area contributed by atoms with E-state index in [1.54, 1.807) is 7.11 Å². The van der Waals surface area contributed by atoms with Gasteiger partial charge in [-0.05, 0) is 52.3 Å². The SMILES string of the molecule is COc1ccc(-c2nc(Br)c3ccc(Cl)cn23)cc1. The molecule has 0 aliphatic heterocycles. The van der Waals surface area contributed by atoms with Crippen molar-refractivity contribution < 1.29 is 4.74 Å². The van der Waals surface area contributed by atoms with Crippen LogP contribution in [0.5, 0.6) is 5.75 Å². The van der Waals surface area contributed by atoms with Crippen molar-refractivity contribution in [3.8, 4) is 17.1 Å². The topological polar surface area (TPSA) is 26.5 Å². The number of imidazole rings is 1. The van der Waals surface area contributed by atoms with E-state index in [0.717, 1.165) is 27.3 Å². The molecule has 2 aromatic heterocycles. The standard InChI is InChI=1S/C14H10BrClN2O/c1-19-11-5-2-9(3-6-11)14-17-13(15)12-7-4-10(16)8-18(12)14/h2-8H,1H3. The smallest absolute Gasteiger partial charge is 0.145 e. The zero-order valence-electron chi connectivity index (χ0n) is 10.1. The maximum absolute atomic E-state index is 6.05. The van der Waals surface area contributed by atoms with Crippen molar-refractivity contribution >= 4 is 33.0 Å². The lowest BCUT2D eigenvalue weighted by molar-refractivity contribution is 0.415. The summed E-state index contributed by atoms with van der Waals surface area (Å²) in [6.07, 6.45) is 1.86. The van der Waals surface area contributed by atoms with Gasteiger partial charge in [-0.25, -0.2) is 4.98 Å². The van der Waals surface area contributed by atoms with E-state index in [2.05, 4.69) is 20.9 Å². The van der Waals surface area contributed by atoms with Gasteiger partial charge in [0.1, 0.15) is 16.2 Å². The molecule has 0 N–H and O–H groups in total. The number of halogens is 2. The first-order valence-electron chi connectivity index (χ1n) is 5.66. The largest absolute Gasteiger partial charge is 0.497 e. The molecule has 3 nitrogen and oxygen atoms in total. The first-order chi connectivity index (χ1) is 9.19. The summed E-state index contributed by atoms with van der Waals surface area (Å²) in [7, 11) is 1.65. The number of ether oxygens (including phenoxy) is 1. The predicted molar refractivity (Wildman–Crippen MR) is 79.9 cm³/mol. The fourth-order valence-corrected chi connectivity index (χ4v) is 2.62. The van der Waals surface area contributed by atoms with Crippen LogP contribution in [0.4, 0.5) is 0 Å². The maximum atomic E-state index is 6.05. The van der Waals surface area contributed by atoms with E-state index in [1.807, 2.05) is 47.0 Å². The number of benzene rings is 1. The Morgan fingerprint density at radius 1 is 1.16 bits per heavy atom. The number of hydrogen-bond acceptors (Lipinski definition) is 2. The lowest BCUT2D eigenvalue weighted by Gasteiger charge is -2.03. The average Bonchev–Trinajstić information content (AvgIpc) is 2.75. The van der Waals surface area contributed by atoms with Crippen molar-refractivity contribution in [1.82, 2.24) is 9.38 Å². The molecule has 2 heterocycles. The number of pyridine rings is 1. The number of methoxy groups -OCH3 is 1. The molecule has 0 aliphatic carbocycles. The van der Waals surface area contributed by atoms with Gasteiger partial charge in [0.2, 0.25) is 0 Å². The van der Waals surface area contributed by atoms with E-state index in [9.17, 15) is 0 Å². The van der Waals surface area contributed by atoms with E-state index >= 15 is 0 Å². The van der Waals surface area contributed by atoms with Crippen molar-refractivity contribution in [2.75, 3.05) is 7.11 Å². The fourth-order valence-electron chi connectivity index (χ4n) is 1.97. The number of nitrogens with zero attached hydrogens (tertiary/aromatic N) is 2. The van der Waals surface area contributed by atoms with Gasteiger partial charge < -0.3 is 4.74 Å². The summed E-state index contributed by atoms with van der Waals surface area (Å²) < 4.78 is 7.93. The molecule has 19 heavy (non-hydrogen) atoms. The van der Waals surface area contributed by atoms with Gasteiger partial charge >= 0.3 is 0 Å². The highest BCUT2D eigenvalue weighted by atomic mass is 79.9. The normalized spacial score (nSPS) is 10.9. The van der Waals surface area contributed by atoms with Crippen LogP contribution in [0.3, 0.4) is 0 Å².